The van der Waals surface area contributed by atoms with Crippen LogP contribution in [0.25, 0.3) is 0 Å². The van der Waals surface area contributed by atoms with E-state index in [0.717, 1.165) is 18.2 Å². The highest BCUT2D eigenvalue weighted by molar-refractivity contribution is 6.33. The number of anilines is 1. The van der Waals surface area contributed by atoms with Crippen LogP contribution in [0.1, 0.15) is 25.8 Å². The SMILES string of the molecule is CC[C@H](C)[C@H](NCC(=O)Nc1cc(C(F)(F)F)ccc1Cl)C(=O)O. The maximum Gasteiger partial charge on any atom is 0.416 e. The molecule has 0 fully saturated rings. The van der Waals surface area contributed by atoms with Crippen molar-refractivity contribution in [1.29, 1.82) is 0 Å². The van der Waals surface area contributed by atoms with E-state index in [1.165, 1.54) is 0 Å². The molecular formula is C15H18ClF3N2O3. The fraction of sp³-hybridized carbons (Fsp3) is 0.467. The maximum atomic E-state index is 12.7. The summed E-state index contributed by atoms with van der Waals surface area (Å²) in [6.45, 7) is 3.16. The van der Waals surface area contributed by atoms with E-state index in [2.05, 4.69) is 10.6 Å². The molecule has 1 amide bonds. The van der Waals surface area contributed by atoms with Gasteiger partial charge >= 0.3 is 12.1 Å². The van der Waals surface area contributed by atoms with E-state index < -0.39 is 29.7 Å². The van der Waals surface area contributed by atoms with Crippen molar-refractivity contribution in [2.75, 3.05) is 11.9 Å². The van der Waals surface area contributed by atoms with Gasteiger partial charge in [0.1, 0.15) is 6.04 Å². The van der Waals surface area contributed by atoms with Crippen molar-refractivity contribution in [2.24, 2.45) is 5.92 Å². The zero-order valence-electron chi connectivity index (χ0n) is 13.1. The fourth-order valence-electron chi connectivity index (χ4n) is 1.96. The molecular weight excluding hydrogens is 349 g/mol. The lowest BCUT2D eigenvalue weighted by Crippen LogP contribution is -2.45. The summed E-state index contributed by atoms with van der Waals surface area (Å²) in [6.07, 6.45) is -3.97. The molecule has 2 atom stereocenters. The van der Waals surface area contributed by atoms with Gasteiger partial charge in [0.2, 0.25) is 5.91 Å². The van der Waals surface area contributed by atoms with E-state index in [1.807, 2.05) is 6.92 Å². The van der Waals surface area contributed by atoms with Crippen molar-refractivity contribution in [3.8, 4) is 0 Å². The summed E-state index contributed by atoms with van der Waals surface area (Å²) in [4.78, 5) is 23.0. The van der Waals surface area contributed by atoms with Crippen molar-refractivity contribution >= 4 is 29.2 Å². The molecule has 0 unspecified atom stereocenters. The Morgan fingerprint density at radius 3 is 2.46 bits per heavy atom. The Balaban J connectivity index is 2.76. The zero-order valence-corrected chi connectivity index (χ0v) is 13.8. The van der Waals surface area contributed by atoms with E-state index in [4.69, 9.17) is 16.7 Å². The van der Waals surface area contributed by atoms with Crippen molar-refractivity contribution in [2.45, 2.75) is 32.5 Å². The number of carbonyl (C=O) groups is 2. The standard InChI is InChI=1S/C15H18ClF3N2O3/c1-3-8(2)13(14(23)24)20-7-12(22)21-11-6-9(15(17,18)19)4-5-10(11)16/h4-6,8,13,20H,3,7H2,1-2H3,(H,21,22)(H,23,24)/t8-,13-/m0/s1. The summed E-state index contributed by atoms with van der Waals surface area (Å²) < 4.78 is 38.0. The molecule has 0 aliphatic rings. The molecule has 0 aliphatic heterocycles. The number of carboxylic acid groups (broad SMARTS) is 1. The van der Waals surface area contributed by atoms with Crippen LogP contribution >= 0.6 is 11.6 Å². The second-order valence-corrected chi connectivity index (χ2v) is 5.73. The Labute approximate surface area is 142 Å². The minimum atomic E-state index is -4.56. The van der Waals surface area contributed by atoms with Gasteiger partial charge in [-0.15, -0.1) is 0 Å². The number of alkyl halides is 3. The predicted octanol–water partition coefficient (Wildman–Crippen LogP) is 3.39. The zero-order chi connectivity index (χ0) is 18.5. The largest absolute Gasteiger partial charge is 0.480 e. The number of rotatable bonds is 7. The number of hydrogen-bond acceptors (Lipinski definition) is 3. The average Bonchev–Trinajstić information content (AvgIpc) is 2.47. The van der Waals surface area contributed by atoms with Gasteiger partial charge in [-0.05, 0) is 24.1 Å². The van der Waals surface area contributed by atoms with Crippen molar-refractivity contribution in [3.63, 3.8) is 0 Å². The summed E-state index contributed by atoms with van der Waals surface area (Å²) in [6, 6.07) is 1.63. The molecule has 0 heterocycles. The molecule has 0 saturated heterocycles. The number of halogens is 4. The number of nitrogens with one attached hydrogen (secondary N) is 2. The van der Waals surface area contributed by atoms with Crippen LogP contribution in [0.15, 0.2) is 18.2 Å². The molecule has 1 aromatic rings. The lowest BCUT2D eigenvalue weighted by atomic mass is 9.99. The Morgan fingerprint density at radius 1 is 1.33 bits per heavy atom. The van der Waals surface area contributed by atoms with Crippen LogP contribution < -0.4 is 10.6 Å². The van der Waals surface area contributed by atoms with Crippen LogP contribution in [0.3, 0.4) is 0 Å². The van der Waals surface area contributed by atoms with Gasteiger partial charge in [-0.3, -0.25) is 14.9 Å². The van der Waals surface area contributed by atoms with Gasteiger partial charge in [0, 0.05) is 0 Å². The first-order valence-corrected chi connectivity index (χ1v) is 7.56. The second kappa shape index (κ2) is 8.34. The number of amides is 1. The van der Waals surface area contributed by atoms with Crippen LogP contribution in [-0.2, 0) is 15.8 Å². The van der Waals surface area contributed by atoms with Crippen molar-refractivity contribution < 1.29 is 27.9 Å². The third kappa shape index (κ3) is 5.68. The number of carbonyl (C=O) groups excluding carboxylic acids is 1. The van der Waals surface area contributed by atoms with E-state index in [0.29, 0.717) is 6.42 Å². The van der Waals surface area contributed by atoms with Gasteiger partial charge in [0.25, 0.3) is 0 Å². The molecule has 3 N–H and O–H groups in total. The molecule has 0 aromatic heterocycles. The molecule has 24 heavy (non-hydrogen) atoms. The van der Waals surface area contributed by atoms with Crippen LogP contribution in [0.4, 0.5) is 18.9 Å². The fourth-order valence-corrected chi connectivity index (χ4v) is 2.13. The summed E-state index contributed by atoms with van der Waals surface area (Å²) in [5.74, 6) is -2.01. The molecule has 1 aromatic carbocycles. The Hall–Kier alpha value is -1.80. The second-order valence-electron chi connectivity index (χ2n) is 5.32. The molecule has 0 saturated carbocycles. The number of hydrogen-bond donors (Lipinski definition) is 3. The third-order valence-electron chi connectivity index (χ3n) is 3.53. The number of carboxylic acids is 1. The highest BCUT2D eigenvalue weighted by Gasteiger charge is 2.31. The molecule has 1 rings (SSSR count). The quantitative estimate of drug-likeness (QED) is 0.691. The highest BCUT2D eigenvalue weighted by Crippen LogP contribution is 2.33. The topological polar surface area (TPSA) is 78.4 Å². The number of benzene rings is 1. The van der Waals surface area contributed by atoms with Crippen LogP contribution in [0.5, 0.6) is 0 Å². The minimum absolute atomic E-state index is 0.0481. The smallest absolute Gasteiger partial charge is 0.416 e. The summed E-state index contributed by atoms with van der Waals surface area (Å²) in [5.41, 5.74) is -1.13. The van der Waals surface area contributed by atoms with E-state index in [-0.39, 0.29) is 23.2 Å². The average molecular weight is 367 g/mol. The van der Waals surface area contributed by atoms with E-state index in [1.54, 1.807) is 6.92 Å². The van der Waals surface area contributed by atoms with Crippen LogP contribution in [0, 0.1) is 5.92 Å². The highest BCUT2D eigenvalue weighted by atomic mass is 35.5. The minimum Gasteiger partial charge on any atom is -0.480 e. The van der Waals surface area contributed by atoms with Gasteiger partial charge in [-0.1, -0.05) is 31.9 Å². The van der Waals surface area contributed by atoms with Gasteiger partial charge in [0.15, 0.2) is 0 Å². The van der Waals surface area contributed by atoms with Gasteiger partial charge in [-0.25, -0.2) is 0 Å². The molecule has 5 nitrogen and oxygen atoms in total. The Morgan fingerprint density at radius 2 is 1.96 bits per heavy atom. The van der Waals surface area contributed by atoms with Crippen molar-refractivity contribution in [3.05, 3.63) is 28.8 Å². The first-order chi connectivity index (χ1) is 11.1. The molecule has 0 radical (unpaired) electrons. The van der Waals surface area contributed by atoms with Crippen LogP contribution in [-0.4, -0.2) is 29.6 Å². The molecule has 0 aliphatic carbocycles. The molecule has 0 spiro atoms. The lowest BCUT2D eigenvalue weighted by molar-refractivity contribution is -0.141. The maximum absolute atomic E-state index is 12.7. The molecule has 134 valence electrons. The van der Waals surface area contributed by atoms with Gasteiger partial charge in [0.05, 0.1) is 22.8 Å². The summed E-state index contributed by atoms with van der Waals surface area (Å²) in [5, 5.41) is 13.9. The Bertz CT molecular complexity index is 608. The Kier molecular flexibility index (Phi) is 7.04. The molecule has 9 heteroatoms. The van der Waals surface area contributed by atoms with Crippen molar-refractivity contribution in [1.82, 2.24) is 5.32 Å². The van der Waals surface area contributed by atoms with E-state index >= 15 is 0 Å². The molecule has 0 bridgehead atoms. The predicted molar refractivity (Wildman–Crippen MR) is 84.0 cm³/mol. The normalized spacial score (nSPS) is 14.1. The third-order valence-corrected chi connectivity index (χ3v) is 3.86. The number of aliphatic carboxylic acids is 1. The summed E-state index contributed by atoms with van der Waals surface area (Å²) in [7, 11) is 0. The van der Waals surface area contributed by atoms with E-state index in [9.17, 15) is 22.8 Å². The first-order valence-electron chi connectivity index (χ1n) is 7.19. The van der Waals surface area contributed by atoms with Gasteiger partial charge in [-0.2, -0.15) is 13.2 Å². The summed E-state index contributed by atoms with van der Waals surface area (Å²) >= 11 is 5.78. The monoisotopic (exact) mass is 366 g/mol. The van der Waals surface area contributed by atoms with Crippen LogP contribution in [0.2, 0.25) is 5.02 Å². The first kappa shape index (κ1) is 20.2. The lowest BCUT2D eigenvalue weighted by Gasteiger charge is -2.20. The van der Waals surface area contributed by atoms with Gasteiger partial charge < -0.3 is 10.4 Å².